The molecule has 0 aromatic heterocycles. The number of anilines is 1. The molecule has 3 aromatic rings. The summed E-state index contributed by atoms with van der Waals surface area (Å²) >= 11 is 0. The molecule has 0 unspecified atom stereocenters. The van der Waals surface area contributed by atoms with Crippen LogP contribution < -0.4 is 19.7 Å². The number of carbonyl (C=O) groups is 2. The van der Waals surface area contributed by atoms with Gasteiger partial charge in [-0.1, -0.05) is 36.4 Å². The second kappa shape index (κ2) is 9.77. The Morgan fingerprint density at radius 1 is 0.939 bits per heavy atom. The molecule has 6 nitrogen and oxygen atoms in total. The normalized spacial score (nSPS) is 12.3. The highest BCUT2D eigenvalue weighted by molar-refractivity contribution is 6.08. The maximum Gasteiger partial charge on any atom is 0.258 e. The molecule has 1 aliphatic rings. The van der Waals surface area contributed by atoms with Crippen LogP contribution in [0.1, 0.15) is 32.6 Å². The third-order valence-corrected chi connectivity index (χ3v) is 5.97. The average Bonchev–Trinajstić information content (AvgIpc) is 3.26. The van der Waals surface area contributed by atoms with Crippen molar-refractivity contribution >= 4 is 17.5 Å². The highest BCUT2D eigenvalue weighted by Gasteiger charge is 2.26. The summed E-state index contributed by atoms with van der Waals surface area (Å²) in [7, 11) is 3.15. The molecule has 1 N–H and O–H groups in total. The lowest BCUT2D eigenvalue weighted by Crippen LogP contribution is -2.29. The molecule has 0 saturated carbocycles. The summed E-state index contributed by atoms with van der Waals surface area (Å²) in [6.45, 7) is 3.01. The van der Waals surface area contributed by atoms with Gasteiger partial charge in [-0.15, -0.1) is 0 Å². The number of hydrogen-bond donors (Lipinski definition) is 1. The third-order valence-electron chi connectivity index (χ3n) is 5.97. The van der Waals surface area contributed by atoms with Crippen LogP contribution in [0.4, 0.5) is 5.69 Å². The molecule has 0 radical (unpaired) electrons. The molecular formula is C27H28N2O4. The van der Waals surface area contributed by atoms with E-state index < -0.39 is 0 Å². The summed E-state index contributed by atoms with van der Waals surface area (Å²) in [5.74, 6) is 1.15. The minimum absolute atomic E-state index is 0.0153. The topological polar surface area (TPSA) is 67.9 Å². The molecule has 1 heterocycles. The molecule has 2 amide bonds. The Hall–Kier alpha value is -3.80. The van der Waals surface area contributed by atoms with Gasteiger partial charge in [0.1, 0.15) is 0 Å². The minimum Gasteiger partial charge on any atom is -0.493 e. The molecule has 33 heavy (non-hydrogen) atoms. The van der Waals surface area contributed by atoms with Gasteiger partial charge < -0.3 is 19.7 Å². The van der Waals surface area contributed by atoms with E-state index in [1.165, 1.54) is 0 Å². The predicted octanol–water partition coefficient (Wildman–Crippen LogP) is 4.07. The smallest absolute Gasteiger partial charge is 0.258 e. The van der Waals surface area contributed by atoms with E-state index in [0.717, 1.165) is 39.9 Å². The van der Waals surface area contributed by atoms with Crippen LogP contribution >= 0.6 is 0 Å². The number of aryl methyl sites for hydroxylation is 1. The second-order valence-electron chi connectivity index (χ2n) is 8.13. The van der Waals surface area contributed by atoms with E-state index in [1.807, 2.05) is 60.4 Å². The van der Waals surface area contributed by atoms with E-state index in [1.54, 1.807) is 20.3 Å². The number of benzene rings is 3. The van der Waals surface area contributed by atoms with E-state index in [-0.39, 0.29) is 18.2 Å². The van der Waals surface area contributed by atoms with Gasteiger partial charge in [0.2, 0.25) is 5.91 Å². The van der Waals surface area contributed by atoms with E-state index in [9.17, 15) is 9.59 Å². The van der Waals surface area contributed by atoms with Crippen LogP contribution in [-0.2, 0) is 24.2 Å². The summed E-state index contributed by atoms with van der Waals surface area (Å²) in [6.07, 6.45) is 1.07. The quantitative estimate of drug-likeness (QED) is 0.597. The van der Waals surface area contributed by atoms with Crippen molar-refractivity contribution in [2.24, 2.45) is 0 Å². The fourth-order valence-electron chi connectivity index (χ4n) is 4.14. The monoisotopic (exact) mass is 444 g/mol. The van der Waals surface area contributed by atoms with Crippen molar-refractivity contribution in [3.63, 3.8) is 0 Å². The number of hydrogen-bond acceptors (Lipinski definition) is 4. The second-order valence-corrected chi connectivity index (χ2v) is 8.13. The zero-order valence-electron chi connectivity index (χ0n) is 19.2. The van der Waals surface area contributed by atoms with Gasteiger partial charge in [-0.3, -0.25) is 9.59 Å². The Labute approximate surface area is 194 Å². The molecule has 170 valence electrons. The van der Waals surface area contributed by atoms with Gasteiger partial charge in [0, 0.05) is 24.3 Å². The van der Waals surface area contributed by atoms with Gasteiger partial charge >= 0.3 is 0 Å². The summed E-state index contributed by atoms with van der Waals surface area (Å²) in [5, 5.41) is 2.98. The first-order chi connectivity index (χ1) is 16.0. The highest BCUT2D eigenvalue weighted by atomic mass is 16.5. The van der Waals surface area contributed by atoms with Crippen molar-refractivity contribution < 1.29 is 19.1 Å². The number of ether oxygens (including phenoxy) is 2. The van der Waals surface area contributed by atoms with Crippen LogP contribution in [0.5, 0.6) is 11.5 Å². The van der Waals surface area contributed by atoms with Crippen molar-refractivity contribution in [3.8, 4) is 11.5 Å². The SMILES string of the molecule is COc1ccc(CC(=O)NCc2ccc3c(c2)N(C(=O)c2ccccc2C)CC3)cc1OC. The van der Waals surface area contributed by atoms with Gasteiger partial charge in [-0.25, -0.2) is 0 Å². The minimum atomic E-state index is -0.0874. The maximum atomic E-state index is 13.1. The largest absolute Gasteiger partial charge is 0.493 e. The molecule has 0 spiro atoms. The fraction of sp³-hybridized carbons (Fsp3) is 0.259. The number of nitrogens with zero attached hydrogens (tertiary/aromatic N) is 1. The standard InChI is InChI=1S/C27H28N2O4/c1-18-6-4-5-7-22(18)27(31)29-13-12-21-10-8-20(14-23(21)29)17-28-26(30)16-19-9-11-24(32-2)25(15-19)33-3/h4-11,14-15H,12-13,16-17H2,1-3H3,(H,28,30). The van der Waals surface area contributed by atoms with Gasteiger partial charge in [-0.2, -0.15) is 0 Å². The van der Waals surface area contributed by atoms with Gasteiger partial charge in [-0.05, 0) is 59.9 Å². The first-order valence-electron chi connectivity index (χ1n) is 11.0. The summed E-state index contributed by atoms with van der Waals surface area (Å²) in [5.41, 5.74) is 5.56. The Balaban J connectivity index is 1.42. The van der Waals surface area contributed by atoms with E-state index in [4.69, 9.17) is 9.47 Å². The van der Waals surface area contributed by atoms with Crippen LogP contribution in [0.2, 0.25) is 0 Å². The lowest BCUT2D eigenvalue weighted by molar-refractivity contribution is -0.120. The first kappa shape index (κ1) is 22.4. The van der Waals surface area contributed by atoms with Crippen LogP contribution in [0.3, 0.4) is 0 Å². The van der Waals surface area contributed by atoms with Crippen LogP contribution in [0, 0.1) is 6.92 Å². The highest BCUT2D eigenvalue weighted by Crippen LogP contribution is 2.31. The van der Waals surface area contributed by atoms with Crippen molar-refractivity contribution in [3.05, 3.63) is 88.5 Å². The lowest BCUT2D eigenvalue weighted by Gasteiger charge is -2.19. The van der Waals surface area contributed by atoms with Gasteiger partial charge in [0.15, 0.2) is 11.5 Å². The Morgan fingerprint density at radius 3 is 2.45 bits per heavy atom. The maximum absolute atomic E-state index is 13.1. The summed E-state index contributed by atoms with van der Waals surface area (Å²) in [4.78, 5) is 27.5. The zero-order chi connectivity index (χ0) is 23.4. The molecule has 0 atom stereocenters. The molecule has 0 bridgehead atoms. The molecule has 0 aliphatic carbocycles. The van der Waals surface area contributed by atoms with Crippen molar-refractivity contribution in [2.75, 3.05) is 25.7 Å². The fourth-order valence-corrected chi connectivity index (χ4v) is 4.14. The number of fused-ring (bicyclic) bond motifs is 1. The number of methoxy groups -OCH3 is 2. The number of rotatable bonds is 7. The molecule has 0 saturated heterocycles. The van der Waals surface area contributed by atoms with Gasteiger partial charge in [0.25, 0.3) is 5.91 Å². The van der Waals surface area contributed by atoms with Crippen molar-refractivity contribution in [1.82, 2.24) is 5.32 Å². The molecule has 0 fully saturated rings. The number of nitrogens with one attached hydrogen (secondary N) is 1. The van der Waals surface area contributed by atoms with Crippen LogP contribution in [-0.4, -0.2) is 32.6 Å². The molecule has 3 aromatic carbocycles. The molecule has 4 rings (SSSR count). The Kier molecular flexibility index (Phi) is 6.63. The van der Waals surface area contributed by atoms with Gasteiger partial charge in [0.05, 0.1) is 20.6 Å². The van der Waals surface area contributed by atoms with E-state index >= 15 is 0 Å². The average molecular weight is 445 g/mol. The third kappa shape index (κ3) is 4.85. The predicted molar refractivity (Wildman–Crippen MR) is 128 cm³/mol. The van der Waals surface area contributed by atoms with Crippen molar-refractivity contribution in [1.29, 1.82) is 0 Å². The molecule has 6 heteroatoms. The van der Waals surface area contributed by atoms with Crippen molar-refractivity contribution in [2.45, 2.75) is 26.3 Å². The molecule has 1 aliphatic heterocycles. The summed E-state index contributed by atoms with van der Waals surface area (Å²) < 4.78 is 10.6. The lowest BCUT2D eigenvalue weighted by atomic mass is 10.1. The Bertz CT molecular complexity index is 1190. The zero-order valence-corrected chi connectivity index (χ0v) is 19.2. The Morgan fingerprint density at radius 2 is 1.70 bits per heavy atom. The first-order valence-corrected chi connectivity index (χ1v) is 11.0. The van der Waals surface area contributed by atoms with E-state index in [2.05, 4.69) is 11.4 Å². The number of amides is 2. The van der Waals surface area contributed by atoms with E-state index in [0.29, 0.717) is 24.6 Å². The molecular weight excluding hydrogens is 416 g/mol. The van der Waals surface area contributed by atoms with Crippen LogP contribution in [0.25, 0.3) is 0 Å². The van der Waals surface area contributed by atoms with Crippen LogP contribution in [0.15, 0.2) is 60.7 Å². The number of carbonyl (C=O) groups excluding carboxylic acids is 2. The summed E-state index contributed by atoms with van der Waals surface area (Å²) in [6, 6.07) is 19.2.